The normalized spacial score (nSPS) is 10.3. The quantitative estimate of drug-likeness (QED) is 0.754. The molecule has 0 saturated carbocycles. The van der Waals surface area contributed by atoms with E-state index in [4.69, 9.17) is 0 Å². The average Bonchev–Trinajstić information content (AvgIpc) is 3.03. The van der Waals surface area contributed by atoms with Crippen LogP contribution >= 0.6 is 0 Å². The number of rotatable bonds is 3. The number of imidazole rings is 1. The Kier molecular flexibility index (Phi) is 3.30. The summed E-state index contributed by atoms with van der Waals surface area (Å²) in [6.07, 6.45) is 5.22. The predicted octanol–water partition coefficient (Wildman–Crippen LogP) is 1.21. The summed E-state index contributed by atoms with van der Waals surface area (Å²) >= 11 is 0. The number of anilines is 1. The van der Waals surface area contributed by atoms with Crippen LogP contribution in [0.15, 0.2) is 59.9 Å². The van der Waals surface area contributed by atoms with E-state index in [9.17, 15) is 9.59 Å². The molecular weight excluding hydrogens is 270 g/mol. The molecule has 1 aromatic carbocycles. The van der Waals surface area contributed by atoms with Gasteiger partial charge in [-0.1, -0.05) is 0 Å². The van der Waals surface area contributed by atoms with Crippen LogP contribution in [-0.2, 0) is 0 Å². The van der Waals surface area contributed by atoms with Crippen molar-refractivity contribution in [1.29, 1.82) is 0 Å². The van der Waals surface area contributed by atoms with Crippen LogP contribution in [0.5, 0.6) is 0 Å². The highest BCUT2D eigenvalue weighted by atomic mass is 16.2. The van der Waals surface area contributed by atoms with Crippen LogP contribution in [0.3, 0.4) is 0 Å². The highest BCUT2D eigenvalue weighted by molar-refractivity contribution is 6.02. The summed E-state index contributed by atoms with van der Waals surface area (Å²) in [5.74, 6) is -0.387. The van der Waals surface area contributed by atoms with E-state index in [0.717, 1.165) is 5.69 Å². The van der Waals surface area contributed by atoms with Crippen molar-refractivity contribution in [2.75, 3.05) is 5.32 Å². The fraction of sp³-hybridized carbons (Fsp3) is 0. The van der Waals surface area contributed by atoms with Gasteiger partial charge < -0.3 is 9.88 Å². The summed E-state index contributed by atoms with van der Waals surface area (Å²) in [7, 11) is 0. The van der Waals surface area contributed by atoms with Gasteiger partial charge in [-0.3, -0.25) is 9.59 Å². The summed E-state index contributed by atoms with van der Waals surface area (Å²) < 4.78 is 1.86. The van der Waals surface area contributed by atoms with Crippen molar-refractivity contribution in [3.63, 3.8) is 0 Å². The number of aromatic nitrogens is 4. The summed E-state index contributed by atoms with van der Waals surface area (Å²) in [5, 5.41) is 8.59. The number of nitrogens with zero attached hydrogens (tertiary/aromatic N) is 3. The van der Waals surface area contributed by atoms with Gasteiger partial charge in [0.25, 0.3) is 11.5 Å². The second-order valence-electron chi connectivity index (χ2n) is 4.28. The summed E-state index contributed by atoms with van der Waals surface area (Å²) in [5.41, 5.74) is 1.37. The van der Waals surface area contributed by atoms with Crippen LogP contribution in [0.4, 0.5) is 5.69 Å². The fourth-order valence-corrected chi connectivity index (χ4v) is 1.79. The molecule has 0 aliphatic carbocycles. The first-order chi connectivity index (χ1) is 10.2. The Labute approximate surface area is 119 Å². The molecule has 0 aliphatic rings. The van der Waals surface area contributed by atoms with E-state index >= 15 is 0 Å². The third-order valence-corrected chi connectivity index (χ3v) is 2.84. The minimum atomic E-state index is -0.387. The zero-order valence-corrected chi connectivity index (χ0v) is 10.9. The number of H-pyrrole nitrogens is 1. The number of amides is 1. The highest BCUT2D eigenvalue weighted by Crippen LogP contribution is 2.13. The van der Waals surface area contributed by atoms with E-state index in [1.165, 1.54) is 12.1 Å². The molecule has 0 atom stereocenters. The van der Waals surface area contributed by atoms with Crippen molar-refractivity contribution in [3.05, 3.63) is 71.2 Å². The van der Waals surface area contributed by atoms with Gasteiger partial charge in [0.2, 0.25) is 0 Å². The maximum atomic E-state index is 11.9. The molecule has 7 heteroatoms. The highest BCUT2D eigenvalue weighted by Gasteiger charge is 2.07. The Hall–Kier alpha value is -3.22. The van der Waals surface area contributed by atoms with Crippen LogP contribution in [-0.4, -0.2) is 25.7 Å². The Morgan fingerprint density at radius 3 is 2.57 bits per heavy atom. The molecule has 21 heavy (non-hydrogen) atoms. The SMILES string of the molecule is O=C(Nc1ccc(-n2ccnc2)cc1)c1ccc(=O)[nH]n1. The van der Waals surface area contributed by atoms with Gasteiger partial charge in [-0.2, -0.15) is 5.10 Å². The standard InChI is InChI=1S/C14H11N5O2/c20-13-6-5-12(17-18-13)14(21)16-10-1-3-11(4-2-10)19-8-7-15-9-19/h1-9H,(H,16,21)(H,18,20). The molecule has 2 N–H and O–H groups in total. The molecule has 3 aromatic rings. The van der Waals surface area contributed by atoms with Crippen molar-refractivity contribution in [2.24, 2.45) is 0 Å². The molecular formula is C14H11N5O2. The molecule has 0 bridgehead atoms. The van der Waals surface area contributed by atoms with Crippen molar-refractivity contribution in [2.45, 2.75) is 0 Å². The Morgan fingerprint density at radius 1 is 1.14 bits per heavy atom. The first-order valence-corrected chi connectivity index (χ1v) is 6.18. The number of hydrogen-bond donors (Lipinski definition) is 2. The van der Waals surface area contributed by atoms with Crippen molar-refractivity contribution in [1.82, 2.24) is 19.7 Å². The number of aromatic amines is 1. The lowest BCUT2D eigenvalue weighted by molar-refractivity contribution is 0.102. The zero-order valence-electron chi connectivity index (χ0n) is 10.9. The summed E-state index contributed by atoms with van der Waals surface area (Å²) in [4.78, 5) is 26.8. The first kappa shape index (κ1) is 12.8. The second kappa shape index (κ2) is 5.41. The van der Waals surface area contributed by atoms with Gasteiger partial charge in [-0.15, -0.1) is 0 Å². The molecule has 0 spiro atoms. The van der Waals surface area contributed by atoms with Crippen LogP contribution in [0, 0.1) is 0 Å². The predicted molar refractivity (Wildman–Crippen MR) is 76.4 cm³/mol. The summed E-state index contributed by atoms with van der Waals surface area (Å²) in [6, 6.07) is 9.89. The minimum Gasteiger partial charge on any atom is -0.321 e. The fourth-order valence-electron chi connectivity index (χ4n) is 1.79. The number of benzene rings is 1. The maximum Gasteiger partial charge on any atom is 0.276 e. The molecule has 0 fully saturated rings. The maximum absolute atomic E-state index is 11.9. The Balaban J connectivity index is 1.74. The van der Waals surface area contributed by atoms with Crippen molar-refractivity contribution < 1.29 is 4.79 Å². The van der Waals surface area contributed by atoms with E-state index in [-0.39, 0.29) is 17.2 Å². The molecule has 0 aliphatic heterocycles. The lowest BCUT2D eigenvalue weighted by Gasteiger charge is -2.06. The van der Waals surface area contributed by atoms with Gasteiger partial charge in [0.15, 0.2) is 0 Å². The zero-order chi connectivity index (χ0) is 14.7. The van der Waals surface area contributed by atoms with Crippen LogP contribution < -0.4 is 10.9 Å². The number of carbonyl (C=O) groups is 1. The largest absolute Gasteiger partial charge is 0.321 e. The van der Waals surface area contributed by atoms with E-state index in [1.807, 2.05) is 22.9 Å². The Bertz CT molecular complexity index is 786. The molecule has 1 amide bonds. The van der Waals surface area contributed by atoms with E-state index in [1.54, 1.807) is 24.7 Å². The number of nitrogens with one attached hydrogen (secondary N) is 2. The van der Waals surface area contributed by atoms with Crippen molar-refractivity contribution >= 4 is 11.6 Å². The smallest absolute Gasteiger partial charge is 0.276 e. The van der Waals surface area contributed by atoms with Crippen LogP contribution in [0.1, 0.15) is 10.5 Å². The summed E-state index contributed by atoms with van der Waals surface area (Å²) in [6.45, 7) is 0. The lowest BCUT2D eigenvalue weighted by Crippen LogP contribution is -2.17. The third kappa shape index (κ3) is 2.86. The number of hydrogen-bond acceptors (Lipinski definition) is 4. The molecule has 2 heterocycles. The van der Waals surface area contributed by atoms with Gasteiger partial charge >= 0.3 is 0 Å². The molecule has 0 radical (unpaired) electrons. The Morgan fingerprint density at radius 2 is 1.95 bits per heavy atom. The average molecular weight is 281 g/mol. The van der Waals surface area contributed by atoms with E-state index in [2.05, 4.69) is 20.5 Å². The van der Waals surface area contributed by atoms with Crippen LogP contribution in [0.2, 0.25) is 0 Å². The van der Waals surface area contributed by atoms with Gasteiger partial charge in [-0.05, 0) is 30.3 Å². The van der Waals surface area contributed by atoms with Crippen LogP contribution in [0.25, 0.3) is 5.69 Å². The molecule has 104 valence electrons. The minimum absolute atomic E-state index is 0.147. The van der Waals surface area contributed by atoms with Gasteiger partial charge in [-0.25, -0.2) is 10.1 Å². The monoisotopic (exact) mass is 281 g/mol. The molecule has 7 nitrogen and oxygen atoms in total. The number of carbonyl (C=O) groups excluding carboxylic acids is 1. The van der Waals surface area contributed by atoms with E-state index < -0.39 is 0 Å². The lowest BCUT2D eigenvalue weighted by atomic mass is 10.2. The van der Waals surface area contributed by atoms with Gasteiger partial charge in [0, 0.05) is 29.8 Å². The molecule has 0 unspecified atom stereocenters. The van der Waals surface area contributed by atoms with E-state index in [0.29, 0.717) is 5.69 Å². The van der Waals surface area contributed by atoms with Crippen molar-refractivity contribution in [3.8, 4) is 5.69 Å². The molecule has 2 aromatic heterocycles. The second-order valence-corrected chi connectivity index (χ2v) is 4.28. The first-order valence-electron chi connectivity index (χ1n) is 6.18. The van der Waals surface area contributed by atoms with Gasteiger partial charge in [0.05, 0.1) is 6.33 Å². The molecule has 0 saturated heterocycles. The molecule has 3 rings (SSSR count). The topological polar surface area (TPSA) is 92.7 Å². The third-order valence-electron chi connectivity index (χ3n) is 2.84. The van der Waals surface area contributed by atoms with Gasteiger partial charge in [0.1, 0.15) is 5.69 Å².